The van der Waals surface area contributed by atoms with Crippen LogP contribution in [0.4, 0.5) is 14.6 Å². The molecule has 0 radical (unpaired) electrons. The highest BCUT2D eigenvalue weighted by Crippen LogP contribution is 2.48. The van der Waals surface area contributed by atoms with Crippen molar-refractivity contribution in [3.63, 3.8) is 0 Å². The summed E-state index contributed by atoms with van der Waals surface area (Å²) in [7, 11) is 1.46. The third-order valence-corrected chi connectivity index (χ3v) is 17.5. The number of halogens is 2. The molecule has 5 fully saturated rings. The van der Waals surface area contributed by atoms with Gasteiger partial charge in [-0.15, -0.1) is 6.42 Å². The Morgan fingerprint density at radius 3 is 2.24 bits per heavy atom. The van der Waals surface area contributed by atoms with Crippen LogP contribution >= 0.6 is 0 Å². The molecule has 396 valence electrons. The lowest BCUT2D eigenvalue weighted by Gasteiger charge is -2.41. The van der Waals surface area contributed by atoms with Crippen molar-refractivity contribution in [3.05, 3.63) is 99.6 Å². The van der Waals surface area contributed by atoms with Crippen LogP contribution < -0.4 is 19.7 Å². The van der Waals surface area contributed by atoms with Gasteiger partial charge in [0.1, 0.15) is 45.5 Å². The van der Waals surface area contributed by atoms with Crippen LogP contribution in [0.1, 0.15) is 109 Å². The van der Waals surface area contributed by atoms with Crippen molar-refractivity contribution in [2.75, 3.05) is 64.4 Å². The van der Waals surface area contributed by atoms with E-state index >= 15 is 8.78 Å². The average Bonchev–Trinajstić information content (AvgIpc) is 4.01. The molecule has 1 amide bonds. The number of hydrogen-bond acceptors (Lipinski definition) is 13. The standard InChI is InChI=1S/C60H66F2N8O6/c1-5-44-48(61)11-8-38-23-43(71)24-47(51(38)44)54-53(62)55-52(57(64-54)75-4)56(69-30-41-9-10-42(31-69)63-41)66-59(65-55)76-33-60(16-17-60)32-68-20-14-37(15-21-68)36-12-18-67(19-13-36)27-35-6-7-39-28-70(29-40(39)22-35)58(74)46-25-45(34(2)3)49(72)26-50(46)73/h1,6-8,11,22-26,34,36-37,41-42,63,71-73H,9-10,12-21,27-33H2,2-4H3. The smallest absolute Gasteiger partial charge is 0.319 e. The van der Waals surface area contributed by atoms with Crippen LogP contribution in [0.5, 0.6) is 29.1 Å². The molecular formula is C60H66F2N8O6. The highest BCUT2D eigenvalue weighted by atomic mass is 19.1. The van der Waals surface area contributed by atoms with Crippen LogP contribution in [0, 0.1) is 41.2 Å². The summed E-state index contributed by atoms with van der Waals surface area (Å²) in [6.07, 6.45) is 14.6. The minimum atomic E-state index is -0.783. The maximum Gasteiger partial charge on any atom is 0.319 e. The zero-order chi connectivity index (χ0) is 52.6. The number of piperazine rings is 1. The third kappa shape index (κ3) is 9.49. The molecule has 7 heterocycles. The number of ether oxygens (including phenoxy) is 2. The van der Waals surface area contributed by atoms with Gasteiger partial charge in [0, 0.05) is 73.8 Å². The van der Waals surface area contributed by atoms with Crippen molar-refractivity contribution in [3.8, 4) is 52.7 Å². The largest absolute Gasteiger partial charge is 0.508 e. The molecule has 14 nitrogen and oxygen atoms in total. The number of phenols is 3. The quantitative estimate of drug-likeness (QED) is 0.0812. The van der Waals surface area contributed by atoms with E-state index in [-0.39, 0.29) is 91.7 Å². The maximum atomic E-state index is 17.4. The van der Waals surface area contributed by atoms with E-state index in [0.717, 1.165) is 76.1 Å². The monoisotopic (exact) mass is 1030 g/mol. The highest BCUT2D eigenvalue weighted by molar-refractivity contribution is 6.04. The third-order valence-electron chi connectivity index (χ3n) is 17.5. The number of amides is 1. The molecule has 16 heteroatoms. The average molecular weight is 1030 g/mol. The van der Waals surface area contributed by atoms with Crippen LogP contribution in [0.3, 0.4) is 0 Å². The van der Waals surface area contributed by atoms with Gasteiger partial charge in [-0.3, -0.25) is 9.69 Å². The van der Waals surface area contributed by atoms with Crippen molar-refractivity contribution in [1.82, 2.24) is 35.0 Å². The number of piperidine rings is 2. The Kier molecular flexibility index (Phi) is 13.1. The number of hydrogen-bond donors (Lipinski definition) is 4. The van der Waals surface area contributed by atoms with Crippen LogP contribution in [-0.2, 0) is 19.6 Å². The van der Waals surface area contributed by atoms with E-state index in [1.165, 1.54) is 68.7 Å². The van der Waals surface area contributed by atoms with Gasteiger partial charge in [-0.25, -0.2) is 13.8 Å². The molecule has 0 spiro atoms. The number of aromatic hydroxyl groups is 3. The van der Waals surface area contributed by atoms with Crippen molar-refractivity contribution in [2.24, 2.45) is 17.3 Å². The first-order chi connectivity index (χ1) is 36.7. The molecule has 6 aliphatic rings. The van der Waals surface area contributed by atoms with E-state index in [4.69, 9.17) is 25.9 Å². The number of pyridine rings is 1. The fourth-order valence-corrected chi connectivity index (χ4v) is 13.2. The Labute approximate surface area is 442 Å². The summed E-state index contributed by atoms with van der Waals surface area (Å²) < 4.78 is 45.1. The number of anilines is 1. The normalized spacial score (nSPS) is 20.9. The SMILES string of the molecule is C#Cc1c(F)ccc2cc(O)cc(-c3nc(OC)c4c(N5CC6CCC(C5)N6)nc(OCC5(CN6CCC(C7CCN(Cc8ccc9c(c8)CN(C(=O)c8cc(C(C)C)c(O)cc8O)C9)CC7)CC6)CC5)nc4c3F)c12. The van der Waals surface area contributed by atoms with Gasteiger partial charge < -0.3 is 44.8 Å². The summed E-state index contributed by atoms with van der Waals surface area (Å²) in [4.78, 5) is 37.1. The number of terminal acetylenes is 1. The number of carbonyl (C=O) groups is 1. The van der Waals surface area contributed by atoms with Gasteiger partial charge >= 0.3 is 6.01 Å². The molecule has 2 atom stereocenters. The highest BCUT2D eigenvalue weighted by Gasteiger charge is 2.46. The molecule has 1 aliphatic carbocycles. The van der Waals surface area contributed by atoms with Gasteiger partial charge in [0.2, 0.25) is 5.88 Å². The summed E-state index contributed by atoms with van der Waals surface area (Å²) in [5.41, 5.74) is 4.15. The lowest BCUT2D eigenvalue weighted by Crippen LogP contribution is -2.51. The van der Waals surface area contributed by atoms with E-state index in [2.05, 4.69) is 49.1 Å². The first-order valence-electron chi connectivity index (χ1n) is 27.2. The molecule has 1 saturated carbocycles. The summed E-state index contributed by atoms with van der Waals surface area (Å²) in [6.45, 7) is 12.6. The van der Waals surface area contributed by atoms with Crippen molar-refractivity contribution < 1.29 is 38.4 Å². The molecule has 76 heavy (non-hydrogen) atoms. The van der Waals surface area contributed by atoms with Gasteiger partial charge in [-0.2, -0.15) is 9.97 Å². The minimum Gasteiger partial charge on any atom is -0.508 e. The Morgan fingerprint density at radius 2 is 1.55 bits per heavy atom. The van der Waals surface area contributed by atoms with Gasteiger partial charge in [0.15, 0.2) is 5.82 Å². The predicted molar refractivity (Wildman–Crippen MR) is 287 cm³/mol. The second-order valence-electron chi connectivity index (χ2n) is 22.9. The zero-order valence-corrected chi connectivity index (χ0v) is 43.5. The summed E-state index contributed by atoms with van der Waals surface area (Å²) in [5, 5.41) is 36.4. The summed E-state index contributed by atoms with van der Waals surface area (Å²) in [5.74, 6) is 2.39. The maximum absolute atomic E-state index is 17.4. The van der Waals surface area contributed by atoms with Gasteiger partial charge in [-0.1, -0.05) is 44.0 Å². The number of nitrogens with one attached hydrogen (secondary N) is 1. The van der Waals surface area contributed by atoms with E-state index < -0.39 is 11.6 Å². The number of phenolic OH excluding ortho intramolecular Hbond substituents is 3. The molecule has 12 rings (SSSR count). The molecule has 4 aromatic carbocycles. The van der Waals surface area contributed by atoms with Crippen LogP contribution in [0.15, 0.2) is 54.6 Å². The van der Waals surface area contributed by atoms with E-state index in [1.807, 2.05) is 13.8 Å². The molecule has 4 N–H and O–H groups in total. The molecule has 2 unspecified atom stereocenters. The topological polar surface area (TPSA) is 160 Å². The molecule has 2 bridgehead atoms. The molecule has 4 saturated heterocycles. The Morgan fingerprint density at radius 1 is 0.842 bits per heavy atom. The van der Waals surface area contributed by atoms with Crippen molar-refractivity contribution in [2.45, 2.75) is 103 Å². The Bertz CT molecular complexity index is 3300. The fraction of sp³-hybridized carbons (Fsp3) is 0.467. The van der Waals surface area contributed by atoms with E-state index in [0.29, 0.717) is 66.8 Å². The van der Waals surface area contributed by atoms with Crippen molar-refractivity contribution in [1.29, 1.82) is 0 Å². The second kappa shape index (κ2) is 20.0. The number of fused-ring (bicyclic) bond motifs is 5. The van der Waals surface area contributed by atoms with Crippen molar-refractivity contribution >= 4 is 33.4 Å². The first-order valence-corrected chi connectivity index (χ1v) is 27.2. The zero-order valence-electron chi connectivity index (χ0n) is 43.5. The van der Waals surface area contributed by atoms with Crippen LogP contribution in [0.25, 0.3) is 32.9 Å². The number of aromatic nitrogens is 3. The van der Waals surface area contributed by atoms with Gasteiger partial charge in [0.25, 0.3) is 5.91 Å². The molecule has 6 aromatic rings. The number of likely N-dealkylation sites (tertiary alicyclic amines) is 2. The van der Waals surface area contributed by atoms with Crippen LogP contribution in [0.2, 0.25) is 0 Å². The number of rotatable bonds is 13. The first kappa shape index (κ1) is 50.0. The lowest BCUT2D eigenvalue weighted by atomic mass is 9.78. The van der Waals surface area contributed by atoms with Gasteiger partial charge in [0.05, 0.1) is 24.8 Å². The minimum absolute atomic E-state index is 0.000431. The molecule has 2 aromatic heterocycles. The fourth-order valence-electron chi connectivity index (χ4n) is 13.2. The number of methoxy groups -OCH3 is 1. The van der Waals surface area contributed by atoms with E-state index in [1.54, 1.807) is 11.0 Å². The number of nitrogens with zero attached hydrogens (tertiary/aromatic N) is 7. The second-order valence-corrected chi connectivity index (χ2v) is 22.9. The molecular weight excluding hydrogens is 967 g/mol. The van der Waals surface area contributed by atoms with Crippen LogP contribution in [-0.4, -0.2) is 122 Å². The van der Waals surface area contributed by atoms with E-state index in [9.17, 15) is 20.1 Å². The summed E-state index contributed by atoms with van der Waals surface area (Å²) >= 11 is 0. The summed E-state index contributed by atoms with van der Waals surface area (Å²) in [6, 6.07) is 15.6. The Balaban J connectivity index is 0.686. The van der Waals surface area contributed by atoms with Gasteiger partial charge in [-0.05, 0) is 147 Å². The Hall–Kier alpha value is -6.80. The predicted octanol–water partition coefficient (Wildman–Crippen LogP) is 9.23. The number of carbonyl (C=O) groups excluding carboxylic acids is 1. The molecule has 5 aliphatic heterocycles. The lowest BCUT2D eigenvalue weighted by molar-refractivity contribution is 0.0748. The number of benzene rings is 4.